The Bertz CT molecular complexity index is 1170. The first-order valence-corrected chi connectivity index (χ1v) is 8.13. The summed E-state index contributed by atoms with van der Waals surface area (Å²) >= 11 is 0. The number of aromatic hydroxyl groups is 2. The van der Waals surface area contributed by atoms with Crippen LogP contribution in [0.5, 0.6) is 11.5 Å². The van der Waals surface area contributed by atoms with Crippen molar-refractivity contribution in [3.63, 3.8) is 0 Å². The van der Waals surface area contributed by atoms with E-state index in [1.54, 1.807) is 24.3 Å². The fourth-order valence-electron chi connectivity index (χ4n) is 2.94. The summed E-state index contributed by atoms with van der Waals surface area (Å²) in [7, 11) is 0. The van der Waals surface area contributed by atoms with E-state index < -0.39 is 0 Å². The molecule has 0 atom stereocenters. The third kappa shape index (κ3) is 2.75. The normalized spacial score (nSPS) is 11.4. The summed E-state index contributed by atoms with van der Waals surface area (Å²) in [6.07, 6.45) is 3.60. The molecule has 0 unspecified atom stereocenters. The van der Waals surface area contributed by atoms with Gasteiger partial charge in [-0.1, -0.05) is 54.6 Å². The number of benzene rings is 3. The Kier molecular flexibility index (Phi) is 3.82. The standard InChI is InChI=1S/C21H16N2O3/c24-19-13-20(25)18(12-15(19)11-10-14-6-2-1-3-7-14)23-17-9-5-4-8-16(17)22-21(23)26/h1-13,24-25H,(H,22,26)/b11-10+. The van der Waals surface area contributed by atoms with E-state index in [1.807, 2.05) is 48.5 Å². The van der Waals surface area contributed by atoms with Crippen LogP contribution in [0.4, 0.5) is 0 Å². The molecule has 5 nitrogen and oxygen atoms in total. The van der Waals surface area contributed by atoms with Gasteiger partial charge in [-0.05, 0) is 23.8 Å². The zero-order valence-electron chi connectivity index (χ0n) is 13.8. The van der Waals surface area contributed by atoms with Gasteiger partial charge in [-0.15, -0.1) is 0 Å². The number of rotatable bonds is 3. The van der Waals surface area contributed by atoms with E-state index in [0.29, 0.717) is 22.3 Å². The lowest BCUT2D eigenvalue weighted by Crippen LogP contribution is -2.14. The van der Waals surface area contributed by atoms with Gasteiger partial charge in [-0.25, -0.2) is 4.79 Å². The van der Waals surface area contributed by atoms with Crippen molar-refractivity contribution in [2.45, 2.75) is 0 Å². The number of nitrogens with zero attached hydrogens (tertiary/aromatic N) is 1. The number of fused-ring (bicyclic) bond motifs is 1. The van der Waals surface area contributed by atoms with Gasteiger partial charge in [0, 0.05) is 11.6 Å². The zero-order valence-corrected chi connectivity index (χ0v) is 13.8. The summed E-state index contributed by atoms with van der Waals surface area (Å²) in [6, 6.07) is 19.7. The van der Waals surface area contributed by atoms with Crippen LogP contribution in [0, 0.1) is 0 Å². The van der Waals surface area contributed by atoms with Gasteiger partial charge in [0.2, 0.25) is 0 Å². The molecule has 0 aliphatic carbocycles. The van der Waals surface area contributed by atoms with Crippen LogP contribution < -0.4 is 5.69 Å². The largest absolute Gasteiger partial charge is 0.507 e. The molecule has 1 aromatic heterocycles. The minimum Gasteiger partial charge on any atom is -0.507 e. The molecule has 0 aliphatic heterocycles. The van der Waals surface area contributed by atoms with Crippen molar-refractivity contribution in [2.24, 2.45) is 0 Å². The van der Waals surface area contributed by atoms with Crippen LogP contribution in [-0.2, 0) is 0 Å². The molecule has 26 heavy (non-hydrogen) atoms. The molecule has 4 aromatic rings. The van der Waals surface area contributed by atoms with Crippen LogP contribution >= 0.6 is 0 Å². The molecule has 3 aromatic carbocycles. The van der Waals surface area contributed by atoms with Crippen LogP contribution in [0.3, 0.4) is 0 Å². The van der Waals surface area contributed by atoms with E-state index in [1.165, 1.54) is 10.6 Å². The highest BCUT2D eigenvalue weighted by Crippen LogP contribution is 2.32. The van der Waals surface area contributed by atoms with Crippen LogP contribution in [0.1, 0.15) is 11.1 Å². The Labute approximate surface area is 149 Å². The van der Waals surface area contributed by atoms with Gasteiger partial charge in [0.05, 0.1) is 16.7 Å². The Morgan fingerprint density at radius 1 is 0.846 bits per heavy atom. The maximum absolute atomic E-state index is 12.4. The van der Waals surface area contributed by atoms with Crippen molar-refractivity contribution >= 4 is 23.2 Å². The van der Waals surface area contributed by atoms with Gasteiger partial charge < -0.3 is 15.2 Å². The number of aromatic amines is 1. The molecule has 0 spiro atoms. The maximum atomic E-state index is 12.4. The summed E-state index contributed by atoms with van der Waals surface area (Å²) in [5.74, 6) is -0.238. The Morgan fingerprint density at radius 2 is 1.58 bits per heavy atom. The van der Waals surface area contributed by atoms with E-state index in [-0.39, 0.29) is 17.2 Å². The number of H-pyrrole nitrogens is 1. The maximum Gasteiger partial charge on any atom is 0.331 e. The molecule has 0 saturated carbocycles. The van der Waals surface area contributed by atoms with Crippen LogP contribution in [0.2, 0.25) is 0 Å². The Balaban J connectivity index is 1.86. The topological polar surface area (TPSA) is 78.2 Å². The molecule has 0 bridgehead atoms. The van der Waals surface area contributed by atoms with Gasteiger partial charge in [-0.2, -0.15) is 0 Å². The molecule has 5 heteroatoms. The third-order valence-electron chi connectivity index (χ3n) is 4.21. The van der Waals surface area contributed by atoms with Crippen LogP contribution in [-0.4, -0.2) is 19.8 Å². The van der Waals surface area contributed by atoms with Crippen LogP contribution in [0.25, 0.3) is 28.9 Å². The monoisotopic (exact) mass is 344 g/mol. The minimum absolute atomic E-state index is 0.0636. The highest BCUT2D eigenvalue weighted by atomic mass is 16.3. The number of aromatic nitrogens is 2. The van der Waals surface area contributed by atoms with E-state index in [9.17, 15) is 15.0 Å². The fourth-order valence-corrected chi connectivity index (χ4v) is 2.94. The predicted octanol–water partition coefficient (Wildman–Crippen LogP) is 3.90. The number of nitrogens with one attached hydrogen (secondary N) is 1. The quantitative estimate of drug-likeness (QED) is 0.493. The number of phenolic OH excluding ortho intramolecular Hbond substituents is 2. The van der Waals surface area contributed by atoms with E-state index >= 15 is 0 Å². The molecular weight excluding hydrogens is 328 g/mol. The summed E-state index contributed by atoms with van der Waals surface area (Å²) in [5, 5.41) is 20.5. The molecule has 3 N–H and O–H groups in total. The number of imidazole rings is 1. The third-order valence-corrected chi connectivity index (χ3v) is 4.21. The lowest BCUT2D eigenvalue weighted by atomic mass is 10.1. The molecular formula is C21H16N2O3. The van der Waals surface area contributed by atoms with Crippen molar-refractivity contribution in [2.75, 3.05) is 0 Å². The predicted molar refractivity (Wildman–Crippen MR) is 103 cm³/mol. The second-order valence-electron chi connectivity index (χ2n) is 5.93. The van der Waals surface area contributed by atoms with E-state index in [4.69, 9.17) is 0 Å². The first-order valence-electron chi connectivity index (χ1n) is 8.13. The van der Waals surface area contributed by atoms with Crippen molar-refractivity contribution in [1.82, 2.24) is 9.55 Å². The number of hydrogen-bond acceptors (Lipinski definition) is 3. The van der Waals surface area contributed by atoms with Crippen molar-refractivity contribution < 1.29 is 10.2 Å². The Morgan fingerprint density at radius 3 is 2.38 bits per heavy atom. The second kappa shape index (κ2) is 6.29. The molecule has 0 radical (unpaired) electrons. The van der Waals surface area contributed by atoms with Gasteiger partial charge in [0.25, 0.3) is 0 Å². The van der Waals surface area contributed by atoms with Crippen molar-refractivity contribution in [3.8, 4) is 17.2 Å². The minimum atomic E-state index is -0.356. The highest BCUT2D eigenvalue weighted by molar-refractivity contribution is 5.80. The number of phenols is 2. The van der Waals surface area contributed by atoms with Gasteiger partial charge >= 0.3 is 5.69 Å². The summed E-state index contributed by atoms with van der Waals surface area (Å²) in [5.41, 5.74) is 2.75. The first-order chi connectivity index (χ1) is 12.6. The molecule has 4 rings (SSSR count). The second-order valence-corrected chi connectivity index (χ2v) is 5.93. The number of para-hydroxylation sites is 2. The molecule has 1 heterocycles. The zero-order chi connectivity index (χ0) is 18.1. The van der Waals surface area contributed by atoms with E-state index in [0.717, 1.165) is 5.56 Å². The van der Waals surface area contributed by atoms with Crippen molar-refractivity contribution in [1.29, 1.82) is 0 Å². The molecule has 0 amide bonds. The van der Waals surface area contributed by atoms with Gasteiger partial charge in [0.1, 0.15) is 11.5 Å². The smallest absolute Gasteiger partial charge is 0.331 e. The Hall–Kier alpha value is -3.73. The number of hydrogen-bond donors (Lipinski definition) is 3. The summed E-state index contributed by atoms with van der Waals surface area (Å²) in [6.45, 7) is 0. The summed E-state index contributed by atoms with van der Waals surface area (Å²) < 4.78 is 1.39. The van der Waals surface area contributed by atoms with Crippen molar-refractivity contribution in [3.05, 3.63) is 88.3 Å². The highest BCUT2D eigenvalue weighted by Gasteiger charge is 2.14. The molecule has 0 fully saturated rings. The fraction of sp³-hybridized carbons (Fsp3) is 0. The molecule has 128 valence electrons. The average Bonchev–Trinajstić information content (AvgIpc) is 2.98. The first kappa shape index (κ1) is 15.8. The molecule has 0 saturated heterocycles. The SMILES string of the molecule is O=c1[nH]c2ccccc2n1-c1cc(/C=C/c2ccccc2)c(O)cc1O. The average molecular weight is 344 g/mol. The molecule has 0 aliphatic rings. The van der Waals surface area contributed by atoms with Gasteiger partial charge in [0.15, 0.2) is 0 Å². The lowest BCUT2D eigenvalue weighted by molar-refractivity contribution is 0.448. The summed E-state index contributed by atoms with van der Waals surface area (Å²) in [4.78, 5) is 15.1. The van der Waals surface area contributed by atoms with Gasteiger partial charge in [-0.3, -0.25) is 4.57 Å². The lowest BCUT2D eigenvalue weighted by Gasteiger charge is -2.09. The van der Waals surface area contributed by atoms with E-state index in [2.05, 4.69) is 4.98 Å². The van der Waals surface area contributed by atoms with Crippen LogP contribution in [0.15, 0.2) is 71.5 Å².